The van der Waals surface area contributed by atoms with E-state index in [9.17, 15) is 9.90 Å². The smallest absolute Gasteiger partial charge is 0.317 e. The Morgan fingerprint density at radius 2 is 2.29 bits per heavy atom. The fourth-order valence-corrected chi connectivity index (χ4v) is 1.84. The van der Waals surface area contributed by atoms with Gasteiger partial charge < -0.3 is 15.3 Å². The van der Waals surface area contributed by atoms with Crippen molar-refractivity contribution in [3.05, 3.63) is 0 Å². The van der Waals surface area contributed by atoms with Crippen LogP contribution in [0.25, 0.3) is 0 Å². The van der Waals surface area contributed by atoms with Gasteiger partial charge >= 0.3 is 6.03 Å². The molecule has 1 aliphatic heterocycles. The molecule has 1 heterocycles. The average Bonchev–Trinajstić information content (AvgIpc) is 2.15. The summed E-state index contributed by atoms with van der Waals surface area (Å²) in [6.45, 7) is 5.79. The van der Waals surface area contributed by atoms with Crippen LogP contribution in [0.3, 0.4) is 0 Å². The third kappa shape index (κ3) is 2.87. The number of aliphatic hydroxyl groups excluding tert-OH is 1. The first-order valence-corrected chi connectivity index (χ1v) is 5.30. The van der Waals surface area contributed by atoms with Crippen LogP contribution >= 0.6 is 0 Å². The number of nitrogens with zero attached hydrogens (tertiary/aromatic N) is 1. The summed E-state index contributed by atoms with van der Waals surface area (Å²) < 4.78 is 0. The van der Waals surface area contributed by atoms with Gasteiger partial charge in [0.15, 0.2) is 0 Å². The topological polar surface area (TPSA) is 52.6 Å². The highest BCUT2D eigenvalue weighted by Gasteiger charge is 2.25. The zero-order chi connectivity index (χ0) is 10.6. The first-order chi connectivity index (χ1) is 6.65. The molecular weight excluding hydrogens is 180 g/mol. The van der Waals surface area contributed by atoms with E-state index in [0.717, 1.165) is 25.9 Å². The molecular formula is C10H20N2O2. The highest BCUT2D eigenvalue weighted by Crippen LogP contribution is 2.13. The fraction of sp³-hybridized carbons (Fsp3) is 0.900. The molecule has 0 aromatic rings. The highest BCUT2D eigenvalue weighted by molar-refractivity contribution is 5.75. The van der Waals surface area contributed by atoms with E-state index in [1.54, 1.807) is 4.90 Å². The van der Waals surface area contributed by atoms with E-state index in [4.69, 9.17) is 0 Å². The molecule has 1 fully saturated rings. The molecule has 1 atom stereocenters. The molecule has 1 rings (SSSR count). The zero-order valence-electron chi connectivity index (χ0n) is 8.99. The van der Waals surface area contributed by atoms with E-state index >= 15 is 0 Å². The lowest BCUT2D eigenvalue weighted by molar-refractivity contribution is 0.111. The summed E-state index contributed by atoms with van der Waals surface area (Å²) in [6.07, 6.45) is 1.84. The van der Waals surface area contributed by atoms with Crippen molar-refractivity contribution in [2.24, 2.45) is 5.92 Å². The summed E-state index contributed by atoms with van der Waals surface area (Å²) in [4.78, 5) is 13.2. The van der Waals surface area contributed by atoms with Crippen LogP contribution in [0, 0.1) is 5.92 Å². The maximum absolute atomic E-state index is 11.5. The van der Waals surface area contributed by atoms with Gasteiger partial charge in [0.05, 0.1) is 12.6 Å². The summed E-state index contributed by atoms with van der Waals surface area (Å²) in [5, 5.41) is 12.0. The van der Waals surface area contributed by atoms with E-state index in [0.29, 0.717) is 5.92 Å². The van der Waals surface area contributed by atoms with Crippen molar-refractivity contribution in [3.63, 3.8) is 0 Å². The third-order valence-electron chi connectivity index (χ3n) is 2.51. The fourth-order valence-electron chi connectivity index (χ4n) is 1.84. The van der Waals surface area contributed by atoms with Gasteiger partial charge in [-0.05, 0) is 18.8 Å². The number of nitrogens with one attached hydrogen (secondary N) is 1. The maximum atomic E-state index is 11.5. The number of aliphatic hydroxyl groups is 1. The lowest BCUT2D eigenvalue weighted by Crippen LogP contribution is -2.52. The van der Waals surface area contributed by atoms with Crippen molar-refractivity contribution in [1.82, 2.24) is 10.2 Å². The Balaban J connectivity index is 2.53. The first-order valence-electron chi connectivity index (χ1n) is 5.30. The van der Waals surface area contributed by atoms with Crippen LogP contribution in [0.2, 0.25) is 0 Å². The Labute approximate surface area is 85.3 Å². The van der Waals surface area contributed by atoms with E-state index in [-0.39, 0.29) is 18.7 Å². The standard InChI is InChI=1S/C10H20N2O2/c1-8(2)6-9(7-13)12-5-3-4-11-10(12)14/h8-9,13H,3-7H2,1-2H3,(H,11,14). The summed E-state index contributed by atoms with van der Waals surface area (Å²) in [6, 6.07) is -0.0498. The van der Waals surface area contributed by atoms with Crippen LogP contribution in [-0.2, 0) is 0 Å². The SMILES string of the molecule is CC(C)CC(CO)N1CCCNC1=O. The molecule has 4 nitrogen and oxygen atoms in total. The van der Waals surface area contributed by atoms with Gasteiger partial charge in [0.1, 0.15) is 0 Å². The maximum Gasteiger partial charge on any atom is 0.317 e. The predicted molar refractivity (Wildman–Crippen MR) is 55.1 cm³/mol. The minimum Gasteiger partial charge on any atom is -0.394 e. The Morgan fingerprint density at radius 1 is 1.57 bits per heavy atom. The van der Waals surface area contributed by atoms with Gasteiger partial charge in [-0.3, -0.25) is 0 Å². The number of carbonyl (C=O) groups excluding carboxylic acids is 1. The lowest BCUT2D eigenvalue weighted by Gasteiger charge is -2.34. The quantitative estimate of drug-likeness (QED) is 0.705. The van der Waals surface area contributed by atoms with Gasteiger partial charge in [-0.15, -0.1) is 0 Å². The van der Waals surface area contributed by atoms with E-state index < -0.39 is 0 Å². The molecule has 1 unspecified atom stereocenters. The molecule has 1 saturated heterocycles. The monoisotopic (exact) mass is 200 g/mol. The first kappa shape index (κ1) is 11.3. The van der Waals surface area contributed by atoms with Gasteiger partial charge in [0, 0.05) is 13.1 Å². The van der Waals surface area contributed by atoms with Gasteiger partial charge in [-0.2, -0.15) is 0 Å². The van der Waals surface area contributed by atoms with E-state index in [1.165, 1.54) is 0 Å². The Hall–Kier alpha value is -0.770. The van der Waals surface area contributed by atoms with Crippen molar-refractivity contribution in [3.8, 4) is 0 Å². The van der Waals surface area contributed by atoms with Crippen molar-refractivity contribution in [2.75, 3.05) is 19.7 Å². The van der Waals surface area contributed by atoms with Crippen LogP contribution in [0.15, 0.2) is 0 Å². The van der Waals surface area contributed by atoms with Crippen LogP contribution in [0.5, 0.6) is 0 Å². The normalized spacial score (nSPS) is 19.7. The minimum atomic E-state index is -0.0315. The average molecular weight is 200 g/mol. The largest absolute Gasteiger partial charge is 0.394 e. The van der Waals surface area contributed by atoms with E-state index in [2.05, 4.69) is 19.2 Å². The zero-order valence-corrected chi connectivity index (χ0v) is 8.99. The van der Waals surface area contributed by atoms with Crippen LogP contribution in [0.4, 0.5) is 4.79 Å². The molecule has 2 amide bonds. The second-order valence-corrected chi connectivity index (χ2v) is 4.24. The molecule has 0 radical (unpaired) electrons. The Kier molecular flexibility index (Phi) is 4.20. The Bertz CT molecular complexity index is 195. The number of urea groups is 1. The molecule has 0 aromatic carbocycles. The second-order valence-electron chi connectivity index (χ2n) is 4.24. The molecule has 14 heavy (non-hydrogen) atoms. The minimum absolute atomic E-state index is 0.0182. The lowest BCUT2D eigenvalue weighted by atomic mass is 10.0. The van der Waals surface area contributed by atoms with Crippen LogP contribution in [-0.4, -0.2) is 41.8 Å². The molecule has 0 aliphatic carbocycles. The van der Waals surface area contributed by atoms with Gasteiger partial charge in [0.25, 0.3) is 0 Å². The van der Waals surface area contributed by atoms with Crippen molar-refractivity contribution < 1.29 is 9.90 Å². The molecule has 0 aromatic heterocycles. The molecule has 0 bridgehead atoms. The number of carbonyl (C=O) groups is 1. The molecule has 0 saturated carbocycles. The second kappa shape index (κ2) is 5.20. The summed E-state index contributed by atoms with van der Waals surface area (Å²) in [7, 11) is 0. The summed E-state index contributed by atoms with van der Waals surface area (Å²) >= 11 is 0. The molecule has 82 valence electrons. The van der Waals surface area contributed by atoms with Crippen molar-refractivity contribution in [2.45, 2.75) is 32.7 Å². The highest BCUT2D eigenvalue weighted by atomic mass is 16.3. The van der Waals surface area contributed by atoms with Crippen molar-refractivity contribution >= 4 is 6.03 Å². The van der Waals surface area contributed by atoms with Crippen molar-refractivity contribution in [1.29, 1.82) is 0 Å². The summed E-state index contributed by atoms with van der Waals surface area (Å²) in [5.41, 5.74) is 0. The number of hydrogen-bond donors (Lipinski definition) is 2. The van der Waals surface area contributed by atoms with Crippen LogP contribution in [0.1, 0.15) is 26.7 Å². The molecule has 4 heteroatoms. The van der Waals surface area contributed by atoms with Crippen LogP contribution < -0.4 is 5.32 Å². The van der Waals surface area contributed by atoms with E-state index in [1.807, 2.05) is 0 Å². The molecule has 2 N–H and O–H groups in total. The molecule has 0 spiro atoms. The molecule has 1 aliphatic rings. The number of amides is 2. The van der Waals surface area contributed by atoms with Gasteiger partial charge in [-0.25, -0.2) is 4.79 Å². The van der Waals surface area contributed by atoms with Gasteiger partial charge in [0.2, 0.25) is 0 Å². The van der Waals surface area contributed by atoms with Gasteiger partial charge in [-0.1, -0.05) is 13.8 Å². The predicted octanol–water partition coefficient (Wildman–Crippen LogP) is 0.809. The third-order valence-corrected chi connectivity index (χ3v) is 2.51. The Morgan fingerprint density at radius 3 is 2.79 bits per heavy atom. The number of hydrogen-bond acceptors (Lipinski definition) is 2. The number of rotatable bonds is 4. The summed E-state index contributed by atoms with van der Waals surface area (Å²) in [5.74, 6) is 0.502.